The molecule has 0 unspecified atom stereocenters. The van der Waals surface area contributed by atoms with Gasteiger partial charge in [-0.05, 0) is 54.5 Å². The second kappa shape index (κ2) is 7.86. The minimum absolute atomic E-state index is 0.152. The van der Waals surface area contributed by atoms with E-state index in [2.05, 4.69) is 20.9 Å². The van der Waals surface area contributed by atoms with E-state index in [4.69, 9.17) is 13.9 Å². The number of cyclic esters (lactones) is 1. The summed E-state index contributed by atoms with van der Waals surface area (Å²) in [5, 5.41) is 0. The highest BCUT2D eigenvalue weighted by Gasteiger charge is 2.26. The van der Waals surface area contributed by atoms with Crippen molar-refractivity contribution in [1.29, 1.82) is 0 Å². The predicted molar refractivity (Wildman–Crippen MR) is 109 cm³/mol. The van der Waals surface area contributed by atoms with Crippen LogP contribution < -0.4 is 4.74 Å². The quantitative estimate of drug-likeness (QED) is 0.402. The minimum Gasteiger partial charge on any atom is -0.488 e. The van der Waals surface area contributed by atoms with E-state index >= 15 is 0 Å². The van der Waals surface area contributed by atoms with Crippen LogP contribution in [0.1, 0.15) is 22.5 Å². The molecule has 3 aromatic rings. The van der Waals surface area contributed by atoms with Crippen molar-refractivity contribution in [3.05, 3.63) is 93.5 Å². The molecule has 6 heteroatoms. The van der Waals surface area contributed by atoms with Crippen LogP contribution in [-0.4, -0.2) is 11.9 Å². The van der Waals surface area contributed by atoms with Crippen LogP contribution in [0.3, 0.4) is 0 Å². The number of aliphatic imine (C=N–C) groups is 1. The SMILES string of the molecule is Cc1ccccc1COc1ccc(Br)cc1/C=C1/N=C(c2ccco2)OC1=O. The number of ether oxygens (including phenoxy) is 2. The molecule has 28 heavy (non-hydrogen) atoms. The van der Waals surface area contributed by atoms with Gasteiger partial charge in [-0.2, -0.15) is 0 Å². The average molecular weight is 438 g/mol. The number of hydrogen-bond donors (Lipinski definition) is 0. The molecule has 0 atom stereocenters. The van der Waals surface area contributed by atoms with E-state index in [1.807, 2.05) is 49.4 Å². The molecule has 1 aromatic heterocycles. The fourth-order valence-electron chi connectivity index (χ4n) is 2.75. The Morgan fingerprint density at radius 2 is 2.00 bits per heavy atom. The van der Waals surface area contributed by atoms with Gasteiger partial charge in [0.15, 0.2) is 11.5 Å². The Hall–Kier alpha value is -3.12. The molecule has 0 aliphatic carbocycles. The topological polar surface area (TPSA) is 61.0 Å². The molecule has 2 heterocycles. The molecule has 4 rings (SSSR count). The molecule has 0 amide bonds. The molecule has 0 N–H and O–H groups in total. The summed E-state index contributed by atoms with van der Waals surface area (Å²) in [7, 11) is 0. The second-order valence-corrected chi connectivity index (χ2v) is 7.13. The van der Waals surface area contributed by atoms with Gasteiger partial charge < -0.3 is 13.9 Å². The van der Waals surface area contributed by atoms with Gasteiger partial charge in [-0.1, -0.05) is 40.2 Å². The van der Waals surface area contributed by atoms with E-state index in [1.54, 1.807) is 18.2 Å². The highest BCUT2D eigenvalue weighted by Crippen LogP contribution is 2.28. The zero-order valence-corrected chi connectivity index (χ0v) is 16.6. The number of carbonyl (C=O) groups excluding carboxylic acids is 1. The summed E-state index contributed by atoms with van der Waals surface area (Å²) in [4.78, 5) is 16.5. The molecule has 0 radical (unpaired) electrons. The Kier molecular flexibility index (Phi) is 5.12. The van der Waals surface area contributed by atoms with Crippen molar-refractivity contribution in [1.82, 2.24) is 0 Å². The number of esters is 1. The largest absolute Gasteiger partial charge is 0.488 e. The van der Waals surface area contributed by atoms with Crippen LogP contribution in [0.2, 0.25) is 0 Å². The van der Waals surface area contributed by atoms with Gasteiger partial charge in [-0.15, -0.1) is 0 Å². The first-order valence-electron chi connectivity index (χ1n) is 8.63. The van der Waals surface area contributed by atoms with Crippen LogP contribution in [0.4, 0.5) is 0 Å². The standard InChI is InChI=1S/C22H16BrNO4/c1-14-5-2-3-6-15(14)13-27-19-9-8-17(23)11-16(19)12-18-22(25)28-21(24-18)20-7-4-10-26-20/h2-12H,13H2,1H3/b18-12+. The van der Waals surface area contributed by atoms with Gasteiger partial charge in [0.25, 0.3) is 5.90 Å². The summed E-state index contributed by atoms with van der Waals surface area (Å²) >= 11 is 3.46. The third-order valence-corrected chi connectivity index (χ3v) is 4.75. The number of rotatable bonds is 5. The Morgan fingerprint density at radius 1 is 1.14 bits per heavy atom. The first-order valence-corrected chi connectivity index (χ1v) is 9.43. The number of furan rings is 1. The average Bonchev–Trinajstić information content (AvgIpc) is 3.33. The normalized spacial score (nSPS) is 14.9. The van der Waals surface area contributed by atoms with E-state index in [-0.39, 0.29) is 11.6 Å². The number of halogens is 1. The maximum atomic E-state index is 12.2. The molecule has 1 aliphatic rings. The molecule has 5 nitrogen and oxygen atoms in total. The van der Waals surface area contributed by atoms with Crippen molar-refractivity contribution in [2.75, 3.05) is 0 Å². The van der Waals surface area contributed by atoms with Crippen molar-refractivity contribution in [2.45, 2.75) is 13.5 Å². The lowest BCUT2D eigenvalue weighted by Crippen LogP contribution is -2.04. The molecule has 0 bridgehead atoms. The van der Waals surface area contributed by atoms with E-state index < -0.39 is 5.97 Å². The summed E-state index contributed by atoms with van der Waals surface area (Å²) in [6.07, 6.45) is 3.15. The number of nitrogens with zero attached hydrogens (tertiary/aromatic N) is 1. The summed E-state index contributed by atoms with van der Waals surface area (Å²) in [5.74, 6) is 0.672. The summed E-state index contributed by atoms with van der Waals surface area (Å²) in [5.41, 5.74) is 3.17. The Bertz CT molecular complexity index is 1080. The Balaban J connectivity index is 1.62. The maximum absolute atomic E-state index is 12.2. The molecule has 0 saturated heterocycles. The van der Waals surface area contributed by atoms with Gasteiger partial charge in [0.05, 0.1) is 6.26 Å². The number of hydrogen-bond acceptors (Lipinski definition) is 5. The van der Waals surface area contributed by atoms with Crippen molar-refractivity contribution >= 4 is 33.9 Å². The number of carbonyl (C=O) groups is 1. The fraction of sp³-hybridized carbons (Fsp3) is 0.0909. The maximum Gasteiger partial charge on any atom is 0.363 e. The molecule has 0 fully saturated rings. The molecule has 2 aromatic carbocycles. The first kappa shape index (κ1) is 18.3. The molecule has 1 aliphatic heterocycles. The number of benzene rings is 2. The first-order chi connectivity index (χ1) is 13.6. The lowest BCUT2D eigenvalue weighted by Gasteiger charge is -2.11. The second-order valence-electron chi connectivity index (χ2n) is 6.21. The molecule has 0 saturated carbocycles. The van der Waals surface area contributed by atoms with Crippen LogP contribution in [0.25, 0.3) is 6.08 Å². The van der Waals surface area contributed by atoms with Crippen LogP contribution in [0.15, 0.2) is 80.4 Å². The van der Waals surface area contributed by atoms with Crippen molar-refractivity contribution in [3.63, 3.8) is 0 Å². The van der Waals surface area contributed by atoms with Crippen LogP contribution in [0.5, 0.6) is 5.75 Å². The van der Waals surface area contributed by atoms with Crippen LogP contribution in [-0.2, 0) is 16.1 Å². The van der Waals surface area contributed by atoms with Gasteiger partial charge >= 0.3 is 5.97 Å². The molecule has 0 spiro atoms. The van der Waals surface area contributed by atoms with Crippen LogP contribution in [0, 0.1) is 6.92 Å². The molecule has 140 valence electrons. The summed E-state index contributed by atoms with van der Waals surface area (Å²) in [6, 6.07) is 17.1. The third kappa shape index (κ3) is 3.92. The van der Waals surface area contributed by atoms with E-state index in [9.17, 15) is 4.79 Å². The van der Waals surface area contributed by atoms with Gasteiger partial charge in [-0.3, -0.25) is 0 Å². The van der Waals surface area contributed by atoms with E-state index in [1.165, 1.54) is 6.26 Å². The van der Waals surface area contributed by atoms with Gasteiger partial charge in [0.1, 0.15) is 12.4 Å². The van der Waals surface area contributed by atoms with Gasteiger partial charge in [0.2, 0.25) is 0 Å². The highest BCUT2D eigenvalue weighted by molar-refractivity contribution is 9.10. The summed E-state index contributed by atoms with van der Waals surface area (Å²) < 4.78 is 17.3. The Labute approximate surface area is 170 Å². The fourth-order valence-corrected chi connectivity index (χ4v) is 3.13. The zero-order valence-electron chi connectivity index (χ0n) is 15.0. The minimum atomic E-state index is -0.531. The lowest BCUT2D eigenvalue weighted by molar-refractivity contribution is -0.130. The van der Waals surface area contributed by atoms with Crippen molar-refractivity contribution in [2.24, 2.45) is 4.99 Å². The third-order valence-electron chi connectivity index (χ3n) is 4.26. The van der Waals surface area contributed by atoms with Gasteiger partial charge in [-0.25, -0.2) is 9.79 Å². The zero-order chi connectivity index (χ0) is 19.5. The smallest absolute Gasteiger partial charge is 0.363 e. The Morgan fingerprint density at radius 3 is 2.79 bits per heavy atom. The highest BCUT2D eigenvalue weighted by atomic mass is 79.9. The summed E-state index contributed by atoms with van der Waals surface area (Å²) in [6.45, 7) is 2.47. The monoisotopic (exact) mass is 437 g/mol. The predicted octanol–water partition coefficient (Wildman–Crippen LogP) is 5.27. The van der Waals surface area contributed by atoms with Crippen molar-refractivity contribution in [3.8, 4) is 5.75 Å². The van der Waals surface area contributed by atoms with Crippen molar-refractivity contribution < 1.29 is 18.7 Å². The van der Waals surface area contributed by atoms with E-state index in [0.29, 0.717) is 18.1 Å². The van der Waals surface area contributed by atoms with E-state index in [0.717, 1.165) is 21.2 Å². The molecular weight excluding hydrogens is 422 g/mol. The lowest BCUT2D eigenvalue weighted by atomic mass is 10.1. The molecular formula is C22H16BrNO4. The van der Waals surface area contributed by atoms with Gasteiger partial charge in [0, 0.05) is 10.0 Å². The van der Waals surface area contributed by atoms with Crippen LogP contribution >= 0.6 is 15.9 Å². The number of aryl methyl sites for hydroxylation is 1.